The van der Waals surface area contributed by atoms with E-state index in [0.29, 0.717) is 12.1 Å². The van der Waals surface area contributed by atoms with Gasteiger partial charge in [-0.05, 0) is 19.1 Å². The Morgan fingerprint density at radius 2 is 2.44 bits per heavy atom. The Balaban J connectivity index is 2.75. The number of nitrogens with zero attached hydrogens (tertiary/aromatic N) is 1. The van der Waals surface area contributed by atoms with Gasteiger partial charge in [0, 0.05) is 31.4 Å². The summed E-state index contributed by atoms with van der Waals surface area (Å²) >= 11 is 0. The van der Waals surface area contributed by atoms with E-state index in [2.05, 4.69) is 21.5 Å². The molecule has 1 rings (SSSR count). The van der Waals surface area contributed by atoms with E-state index in [1.54, 1.807) is 25.4 Å². The zero-order chi connectivity index (χ0) is 12.0. The molecule has 0 aliphatic rings. The van der Waals surface area contributed by atoms with Crippen molar-refractivity contribution in [2.75, 3.05) is 12.4 Å². The van der Waals surface area contributed by atoms with E-state index >= 15 is 0 Å². The monoisotopic (exact) mass is 217 g/mol. The van der Waals surface area contributed by atoms with Crippen molar-refractivity contribution in [3.8, 4) is 12.3 Å². The minimum absolute atomic E-state index is 0.171. The lowest BCUT2D eigenvalue weighted by Crippen LogP contribution is -2.20. The zero-order valence-electron chi connectivity index (χ0n) is 9.45. The predicted molar refractivity (Wildman–Crippen MR) is 64.2 cm³/mol. The smallest absolute Gasteiger partial charge is 0.269 e. The first-order valence-corrected chi connectivity index (χ1v) is 5.05. The van der Waals surface area contributed by atoms with E-state index in [1.807, 2.05) is 6.92 Å². The fourth-order valence-corrected chi connectivity index (χ4v) is 1.28. The number of amides is 1. The summed E-state index contributed by atoms with van der Waals surface area (Å²) in [5.41, 5.74) is 1.23. The minimum atomic E-state index is -0.201. The van der Waals surface area contributed by atoms with Crippen molar-refractivity contribution in [2.24, 2.45) is 0 Å². The average molecular weight is 217 g/mol. The highest BCUT2D eigenvalue weighted by Crippen LogP contribution is 2.10. The highest BCUT2D eigenvalue weighted by molar-refractivity contribution is 5.92. The largest absolute Gasteiger partial charge is 0.382 e. The molecule has 0 bridgehead atoms. The normalized spacial score (nSPS) is 11.3. The molecule has 0 aliphatic carbocycles. The number of anilines is 1. The highest BCUT2D eigenvalue weighted by Gasteiger charge is 2.06. The number of aromatic nitrogens is 1. The predicted octanol–water partition coefficient (Wildman–Crippen LogP) is 1.26. The second-order valence-corrected chi connectivity index (χ2v) is 3.46. The summed E-state index contributed by atoms with van der Waals surface area (Å²) in [6, 6.07) is 3.68. The van der Waals surface area contributed by atoms with Gasteiger partial charge >= 0.3 is 0 Å². The number of hydrogen-bond acceptors (Lipinski definition) is 3. The molecule has 16 heavy (non-hydrogen) atoms. The van der Waals surface area contributed by atoms with Crippen molar-refractivity contribution >= 4 is 11.6 Å². The van der Waals surface area contributed by atoms with E-state index < -0.39 is 0 Å². The van der Waals surface area contributed by atoms with Crippen LogP contribution >= 0.6 is 0 Å². The molecule has 0 saturated carbocycles. The van der Waals surface area contributed by atoms with Crippen molar-refractivity contribution in [3.05, 3.63) is 24.0 Å². The summed E-state index contributed by atoms with van der Waals surface area (Å²) < 4.78 is 0. The van der Waals surface area contributed by atoms with E-state index in [9.17, 15) is 4.79 Å². The Morgan fingerprint density at radius 3 is 3.06 bits per heavy atom. The molecule has 4 nitrogen and oxygen atoms in total. The summed E-state index contributed by atoms with van der Waals surface area (Å²) in [5, 5.41) is 5.73. The maximum Gasteiger partial charge on any atom is 0.269 e. The molecule has 0 aliphatic heterocycles. The Hall–Kier alpha value is -2.02. The molecule has 84 valence electrons. The molecule has 2 N–H and O–H groups in total. The molecule has 1 aromatic heterocycles. The maximum atomic E-state index is 11.3. The number of nitrogens with one attached hydrogen (secondary N) is 2. The summed E-state index contributed by atoms with van der Waals surface area (Å²) in [4.78, 5) is 15.3. The van der Waals surface area contributed by atoms with Gasteiger partial charge in [0.25, 0.3) is 5.91 Å². The Labute approximate surface area is 95.5 Å². The Morgan fingerprint density at radius 1 is 1.69 bits per heavy atom. The van der Waals surface area contributed by atoms with Crippen LogP contribution in [0.25, 0.3) is 0 Å². The molecule has 1 unspecified atom stereocenters. The van der Waals surface area contributed by atoms with Crippen LogP contribution in [-0.2, 0) is 0 Å². The second-order valence-electron chi connectivity index (χ2n) is 3.46. The molecule has 0 aromatic carbocycles. The van der Waals surface area contributed by atoms with Crippen LogP contribution in [0.15, 0.2) is 18.3 Å². The van der Waals surface area contributed by atoms with Gasteiger partial charge in [-0.2, -0.15) is 0 Å². The molecule has 1 aromatic rings. The van der Waals surface area contributed by atoms with E-state index in [0.717, 1.165) is 5.69 Å². The van der Waals surface area contributed by atoms with Crippen LogP contribution in [0.2, 0.25) is 0 Å². The van der Waals surface area contributed by atoms with Gasteiger partial charge in [0.05, 0.1) is 0 Å². The minimum Gasteiger partial charge on any atom is -0.382 e. The first-order chi connectivity index (χ1) is 7.67. The van der Waals surface area contributed by atoms with Gasteiger partial charge in [0.15, 0.2) is 0 Å². The van der Waals surface area contributed by atoms with Crippen LogP contribution in [0.1, 0.15) is 23.8 Å². The Kier molecular flexibility index (Phi) is 4.34. The van der Waals surface area contributed by atoms with E-state index in [4.69, 9.17) is 6.42 Å². The van der Waals surface area contributed by atoms with Crippen LogP contribution in [0.3, 0.4) is 0 Å². The van der Waals surface area contributed by atoms with Crippen LogP contribution in [0, 0.1) is 12.3 Å². The van der Waals surface area contributed by atoms with Gasteiger partial charge < -0.3 is 10.6 Å². The summed E-state index contributed by atoms with van der Waals surface area (Å²) in [6.07, 6.45) is 7.45. The summed E-state index contributed by atoms with van der Waals surface area (Å²) in [6.45, 7) is 1.99. The number of hydrogen-bond donors (Lipinski definition) is 2. The van der Waals surface area contributed by atoms with Crippen molar-refractivity contribution in [2.45, 2.75) is 19.4 Å². The number of carbonyl (C=O) groups is 1. The van der Waals surface area contributed by atoms with Gasteiger partial charge in [-0.1, -0.05) is 0 Å². The third kappa shape index (κ3) is 3.28. The first kappa shape index (κ1) is 12.1. The molecule has 1 amide bonds. The fourth-order valence-electron chi connectivity index (χ4n) is 1.28. The lowest BCUT2D eigenvalue weighted by atomic mass is 10.2. The molecule has 0 saturated heterocycles. The number of terminal acetylenes is 1. The van der Waals surface area contributed by atoms with Crippen LogP contribution < -0.4 is 10.6 Å². The number of rotatable bonds is 4. The highest BCUT2D eigenvalue weighted by atomic mass is 16.1. The molecule has 0 radical (unpaired) electrons. The molecular formula is C12H15N3O. The molecule has 0 fully saturated rings. The molecule has 1 heterocycles. The molecule has 4 heteroatoms. The van der Waals surface area contributed by atoms with E-state index in [1.165, 1.54) is 0 Å². The third-order valence-electron chi connectivity index (χ3n) is 2.06. The third-order valence-corrected chi connectivity index (χ3v) is 2.06. The Bertz CT molecular complexity index is 409. The van der Waals surface area contributed by atoms with Gasteiger partial charge in [0.1, 0.15) is 5.69 Å². The molecule has 0 spiro atoms. The van der Waals surface area contributed by atoms with Crippen molar-refractivity contribution in [1.29, 1.82) is 0 Å². The van der Waals surface area contributed by atoms with Crippen molar-refractivity contribution in [3.63, 3.8) is 0 Å². The molecular weight excluding hydrogens is 202 g/mol. The van der Waals surface area contributed by atoms with Gasteiger partial charge in [-0.15, -0.1) is 12.3 Å². The average Bonchev–Trinajstić information content (AvgIpc) is 2.28. The first-order valence-electron chi connectivity index (χ1n) is 5.05. The lowest BCUT2D eigenvalue weighted by Gasteiger charge is -2.12. The van der Waals surface area contributed by atoms with Gasteiger partial charge in [-0.3, -0.25) is 9.78 Å². The second kappa shape index (κ2) is 5.76. The quantitative estimate of drug-likeness (QED) is 0.747. The van der Waals surface area contributed by atoms with Gasteiger partial charge in [-0.25, -0.2) is 0 Å². The summed E-state index contributed by atoms with van der Waals surface area (Å²) in [7, 11) is 1.57. The maximum absolute atomic E-state index is 11.3. The van der Waals surface area contributed by atoms with Crippen LogP contribution in [-0.4, -0.2) is 24.0 Å². The molecule has 1 atom stereocenters. The van der Waals surface area contributed by atoms with E-state index in [-0.39, 0.29) is 11.9 Å². The SMILES string of the molecule is C#CCC(C)Nc1ccnc(C(=O)NC)c1. The van der Waals surface area contributed by atoms with Gasteiger partial charge in [0.2, 0.25) is 0 Å². The topological polar surface area (TPSA) is 54.0 Å². The van der Waals surface area contributed by atoms with Crippen molar-refractivity contribution in [1.82, 2.24) is 10.3 Å². The zero-order valence-corrected chi connectivity index (χ0v) is 9.45. The van der Waals surface area contributed by atoms with Crippen LogP contribution in [0.4, 0.5) is 5.69 Å². The standard InChI is InChI=1S/C12H15N3O/c1-4-5-9(2)15-10-6-7-14-11(8-10)12(16)13-3/h1,6-9H,5H2,2-3H3,(H,13,16)(H,14,15). The summed E-state index contributed by atoms with van der Waals surface area (Å²) in [5.74, 6) is 2.38. The lowest BCUT2D eigenvalue weighted by molar-refractivity contribution is 0.0958. The van der Waals surface area contributed by atoms with Crippen LogP contribution in [0.5, 0.6) is 0 Å². The number of pyridine rings is 1. The fraction of sp³-hybridized carbons (Fsp3) is 0.333. The van der Waals surface area contributed by atoms with Crippen molar-refractivity contribution < 1.29 is 4.79 Å². The number of carbonyl (C=O) groups excluding carboxylic acids is 1.